The monoisotopic (exact) mass is 505 g/mol. The number of hydrogen-bond donors (Lipinski definition) is 2. The normalized spacial score (nSPS) is 25.7. The predicted molar refractivity (Wildman–Crippen MR) is 142 cm³/mol. The van der Waals surface area contributed by atoms with Crippen LogP contribution < -0.4 is 21.3 Å². The first kappa shape index (κ1) is 25.1. The molecule has 196 valence electrons. The SMILES string of the molecule is CCOC(=O)[C@@H]1CCCN(c2nc(N)c3c(N)nc4c(c3c2C#N)CC(=O)N4[C@@H]2CCC[C@H](C)[C@H]2C)C1. The number of amides is 1. The van der Waals surface area contributed by atoms with Crippen molar-refractivity contribution in [2.24, 2.45) is 17.8 Å². The molecule has 0 unspecified atom stereocenters. The summed E-state index contributed by atoms with van der Waals surface area (Å²) in [6.07, 6.45) is 4.72. The number of aromatic nitrogens is 2. The molecule has 4 atom stereocenters. The van der Waals surface area contributed by atoms with Gasteiger partial charge in [0.25, 0.3) is 0 Å². The maximum atomic E-state index is 13.4. The number of nitrogens with zero attached hydrogens (tertiary/aromatic N) is 5. The average molecular weight is 506 g/mol. The number of esters is 1. The zero-order valence-electron chi connectivity index (χ0n) is 21.8. The first-order chi connectivity index (χ1) is 17.8. The molecule has 0 spiro atoms. The van der Waals surface area contributed by atoms with Gasteiger partial charge in [-0.3, -0.25) is 14.5 Å². The van der Waals surface area contributed by atoms with Crippen LogP contribution in [0.25, 0.3) is 10.8 Å². The van der Waals surface area contributed by atoms with Gasteiger partial charge in [0.1, 0.15) is 34.9 Å². The van der Waals surface area contributed by atoms with Crippen LogP contribution in [0.4, 0.5) is 23.3 Å². The molecule has 10 heteroatoms. The lowest BCUT2D eigenvalue weighted by atomic mass is 9.77. The molecular weight excluding hydrogens is 470 g/mol. The maximum Gasteiger partial charge on any atom is 0.310 e. The molecule has 10 nitrogen and oxygen atoms in total. The van der Waals surface area contributed by atoms with Gasteiger partial charge in [-0.05, 0) is 38.0 Å². The Morgan fingerprint density at radius 3 is 2.54 bits per heavy atom. The number of nitrogen functional groups attached to an aromatic ring is 2. The molecule has 2 fully saturated rings. The van der Waals surface area contributed by atoms with E-state index < -0.39 is 0 Å². The number of nitriles is 1. The lowest BCUT2D eigenvalue weighted by Gasteiger charge is -2.39. The minimum atomic E-state index is -0.306. The zero-order valence-corrected chi connectivity index (χ0v) is 21.8. The smallest absolute Gasteiger partial charge is 0.310 e. The van der Waals surface area contributed by atoms with Gasteiger partial charge in [-0.1, -0.05) is 26.7 Å². The number of pyridine rings is 2. The number of carbonyl (C=O) groups excluding carboxylic acids is 2. The number of piperidine rings is 1. The Morgan fingerprint density at radius 1 is 1.11 bits per heavy atom. The molecule has 5 rings (SSSR count). The van der Waals surface area contributed by atoms with Gasteiger partial charge in [-0.25, -0.2) is 9.97 Å². The summed E-state index contributed by atoms with van der Waals surface area (Å²) < 4.78 is 5.25. The van der Waals surface area contributed by atoms with Crippen molar-refractivity contribution in [2.75, 3.05) is 41.0 Å². The average Bonchev–Trinajstić information content (AvgIpc) is 3.21. The van der Waals surface area contributed by atoms with Crippen molar-refractivity contribution in [3.8, 4) is 6.07 Å². The summed E-state index contributed by atoms with van der Waals surface area (Å²) >= 11 is 0. The van der Waals surface area contributed by atoms with Crippen LogP contribution in [-0.4, -0.2) is 47.6 Å². The Bertz CT molecular complexity index is 1300. The second-order valence-corrected chi connectivity index (χ2v) is 10.7. The third kappa shape index (κ3) is 4.10. The third-order valence-corrected chi connectivity index (χ3v) is 8.53. The van der Waals surface area contributed by atoms with Crippen molar-refractivity contribution in [3.05, 3.63) is 11.1 Å². The molecule has 1 amide bonds. The van der Waals surface area contributed by atoms with Crippen molar-refractivity contribution in [1.82, 2.24) is 9.97 Å². The van der Waals surface area contributed by atoms with Crippen molar-refractivity contribution in [1.29, 1.82) is 5.26 Å². The van der Waals surface area contributed by atoms with Crippen molar-refractivity contribution < 1.29 is 14.3 Å². The maximum absolute atomic E-state index is 13.4. The number of hydrogen-bond acceptors (Lipinski definition) is 9. The lowest BCUT2D eigenvalue weighted by Crippen LogP contribution is -2.46. The highest BCUT2D eigenvalue weighted by atomic mass is 16.5. The quantitative estimate of drug-likeness (QED) is 0.597. The topological polar surface area (TPSA) is 151 Å². The van der Waals surface area contributed by atoms with Gasteiger partial charge in [0.15, 0.2) is 0 Å². The minimum absolute atomic E-state index is 0.0264. The van der Waals surface area contributed by atoms with E-state index in [1.165, 1.54) is 0 Å². The van der Waals surface area contributed by atoms with E-state index in [1.54, 1.807) is 6.92 Å². The number of rotatable bonds is 4. The lowest BCUT2D eigenvalue weighted by molar-refractivity contribution is -0.148. The van der Waals surface area contributed by atoms with E-state index in [1.807, 2.05) is 9.80 Å². The molecular formula is C27H35N7O3. The van der Waals surface area contributed by atoms with Crippen LogP contribution in [0.2, 0.25) is 0 Å². The first-order valence-corrected chi connectivity index (χ1v) is 13.3. The van der Waals surface area contributed by atoms with Crippen molar-refractivity contribution in [3.63, 3.8) is 0 Å². The highest BCUT2D eigenvalue weighted by molar-refractivity contribution is 6.13. The zero-order chi connectivity index (χ0) is 26.4. The van der Waals surface area contributed by atoms with E-state index in [-0.39, 0.29) is 41.9 Å². The summed E-state index contributed by atoms with van der Waals surface area (Å²) in [7, 11) is 0. The molecule has 3 aliphatic rings. The Balaban J connectivity index is 1.64. The van der Waals surface area contributed by atoms with Crippen LogP contribution in [-0.2, 0) is 20.7 Å². The Kier molecular flexibility index (Phi) is 6.56. The molecule has 1 aliphatic carbocycles. The first-order valence-electron chi connectivity index (χ1n) is 13.3. The molecule has 4 N–H and O–H groups in total. The molecule has 4 heterocycles. The highest BCUT2D eigenvalue weighted by Crippen LogP contribution is 2.45. The number of ether oxygens (including phenoxy) is 1. The Labute approximate surface area is 216 Å². The number of anilines is 4. The number of nitrogens with two attached hydrogens (primary N) is 2. The molecule has 0 bridgehead atoms. The van der Waals surface area contributed by atoms with E-state index in [4.69, 9.17) is 16.2 Å². The van der Waals surface area contributed by atoms with Crippen LogP contribution in [0.15, 0.2) is 0 Å². The fourth-order valence-corrected chi connectivity index (χ4v) is 6.44. The van der Waals surface area contributed by atoms with Crippen LogP contribution >= 0.6 is 0 Å². The van der Waals surface area contributed by atoms with Gasteiger partial charge in [0, 0.05) is 30.1 Å². The van der Waals surface area contributed by atoms with E-state index in [9.17, 15) is 14.9 Å². The highest BCUT2D eigenvalue weighted by Gasteiger charge is 2.42. The summed E-state index contributed by atoms with van der Waals surface area (Å²) in [5.41, 5.74) is 13.8. The summed E-state index contributed by atoms with van der Waals surface area (Å²) in [4.78, 5) is 38.9. The van der Waals surface area contributed by atoms with E-state index in [2.05, 4.69) is 29.9 Å². The molecule has 1 saturated carbocycles. The van der Waals surface area contributed by atoms with Crippen LogP contribution in [0.1, 0.15) is 64.0 Å². The molecule has 0 radical (unpaired) electrons. The van der Waals surface area contributed by atoms with E-state index in [0.717, 1.165) is 25.7 Å². The molecule has 37 heavy (non-hydrogen) atoms. The van der Waals surface area contributed by atoms with Crippen LogP contribution in [0, 0.1) is 29.1 Å². The minimum Gasteiger partial charge on any atom is -0.466 e. The molecule has 2 aromatic rings. The van der Waals surface area contributed by atoms with E-state index >= 15 is 0 Å². The predicted octanol–water partition coefficient (Wildman–Crippen LogP) is 3.16. The van der Waals surface area contributed by atoms with Crippen LogP contribution in [0.5, 0.6) is 0 Å². The molecule has 0 aromatic carbocycles. The second-order valence-electron chi connectivity index (χ2n) is 10.7. The fourth-order valence-electron chi connectivity index (χ4n) is 6.44. The van der Waals surface area contributed by atoms with Crippen molar-refractivity contribution >= 4 is 45.9 Å². The summed E-state index contributed by atoms with van der Waals surface area (Å²) in [5, 5.41) is 11.3. The molecule has 1 saturated heterocycles. The third-order valence-electron chi connectivity index (χ3n) is 8.53. The Morgan fingerprint density at radius 2 is 1.84 bits per heavy atom. The van der Waals surface area contributed by atoms with Gasteiger partial charge < -0.3 is 21.1 Å². The number of carbonyl (C=O) groups is 2. The summed E-state index contributed by atoms with van der Waals surface area (Å²) in [6, 6.07) is 2.37. The fraction of sp³-hybridized carbons (Fsp3) is 0.593. The molecule has 2 aromatic heterocycles. The molecule has 2 aliphatic heterocycles. The van der Waals surface area contributed by atoms with Gasteiger partial charge in [0.05, 0.1) is 24.3 Å². The van der Waals surface area contributed by atoms with Gasteiger partial charge >= 0.3 is 5.97 Å². The number of fused-ring (bicyclic) bond motifs is 3. The van der Waals surface area contributed by atoms with Gasteiger partial charge in [-0.15, -0.1) is 0 Å². The van der Waals surface area contributed by atoms with Gasteiger partial charge in [-0.2, -0.15) is 5.26 Å². The van der Waals surface area contributed by atoms with Gasteiger partial charge in [0.2, 0.25) is 5.91 Å². The Hall–Kier alpha value is -3.61. The summed E-state index contributed by atoms with van der Waals surface area (Å²) in [6.45, 7) is 7.55. The van der Waals surface area contributed by atoms with Crippen molar-refractivity contribution in [2.45, 2.75) is 65.3 Å². The standard InChI is InChI=1S/C27H35N7O3/c1-4-37-27(36)16-8-6-10-33(13-16)25-18(12-28)21-17-11-20(35)34(19-9-5-7-14(2)15(19)3)26(17)32-24(30)22(21)23(29)31-25/h14-16,19H,4-11,13H2,1-3H3,(H2,29,31)(H2,30,32)/t14-,15+,16+,19+/m0/s1. The second kappa shape index (κ2) is 9.69. The summed E-state index contributed by atoms with van der Waals surface area (Å²) in [5.74, 6) is 1.54. The van der Waals surface area contributed by atoms with E-state index in [0.29, 0.717) is 71.5 Å². The van der Waals surface area contributed by atoms with Crippen LogP contribution in [0.3, 0.4) is 0 Å². The largest absolute Gasteiger partial charge is 0.466 e.